The highest BCUT2D eigenvalue weighted by Gasteiger charge is 2.15. The van der Waals surface area contributed by atoms with Crippen molar-refractivity contribution in [3.05, 3.63) is 106 Å². The minimum atomic E-state index is 0.810. The Balaban J connectivity index is 1.62. The monoisotopic (exact) mass is 378 g/mol. The molecule has 0 unspecified atom stereocenters. The zero-order valence-electron chi connectivity index (χ0n) is 14.5. The van der Waals surface area contributed by atoms with Crippen LogP contribution in [-0.4, -0.2) is 0 Å². The molecule has 0 atom stereocenters. The number of hydrogen-bond acceptors (Lipinski definition) is 1. The van der Waals surface area contributed by atoms with Crippen LogP contribution in [0.3, 0.4) is 0 Å². The first-order chi connectivity index (χ1) is 12.8. The van der Waals surface area contributed by atoms with Crippen LogP contribution in [-0.2, 0) is 19.6 Å². The van der Waals surface area contributed by atoms with Crippen LogP contribution >= 0.6 is 22.9 Å². The van der Waals surface area contributed by atoms with Crippen LogP contribution in [0.15, 0.2) is 84.2 Å². The van der Waals surface area contributed by atoms with E-state index < -0.39 is 0 Å². The molecular weight excluding hydrogens is 358 g/mol. The number of quaternary nitrogens is 1. The predicted molar refractivity (Wildman–Crippen MR) is 112 cm³/mol. The topological polar surface area (TPSA) is 4.44 Å². The van der Waals surface area contributed by atoms with Gasteiger partial charge in [-0.25, -0.2) is 0 Å². The smallest absolute Gasteiger partial charge is 0.105 e. The van der Waals surface area contributed by atoms with Gasteiger partial charge in [0.25, 0.3) is 0 Å². The van der Waals surface area contributed by atoms with Crippen molar-refractivity contribution in [2.24, 2.45) is 0 Å². The summed E-state index contributed by atoms with van der Waals surface area (Å²) < 4.78 is 1.31. The zero-order valence-corrected chi connectivity index (χ0v) is 16.1. The normalized spacial score (nSPS) is 11.3. The third-order valence-corrected chi connectivity index (χ3v) is 5.90. The van der Waals surface area contributed by atoms with Gasteiger partial charge in [0.05, 0.1) is 0 Å². The minimum Gasteiger partial charge on any atom is -0.324 e. The molecule has 0 radical (unpaired) electrons. The molecule has 0 aliphatic rings. The van der Waals surface area contributed by atoms with Crippen LogP contribution in [0, 0.1) is 0 Å². The summed E-state index contributed by atoms with van der Waals surface area (Å²) in [7, 11) is 0. The second kappa shape index (κ2) is 8.05. The number of fused-ring (bicyclic) bond motifs is 1. The van der Waals surface area contributed by atoms with Gasteiger partial charge in [-0.2, -0.15) is 0 Å². The van der Waals surface area contributed by atoms with Gasteiger partial charge in [0.15, 0.2) is 0 Å². The molecule has 1 N–H and O–H groups in total. The number of nitrogens with one attached hydrogen (secondary N) is 1. The van der Waals surface area contributed by atoms with E-state index in [2.05, 4.69) is 78.2 Å². The van der Waals surface area contributed by atoms with Gasteiger partial charge in [-0.1, -0.05) is 72.3 Å². The molecule has 0 aliphatic heterocycles. The zero-order chi connectivity index (χ0) is 17.8. The van der Waals surface area contributed by atoms with Gasteiger partial charge in [-0.3, -0.25) is 0 Å². The molecule has 1 nitrogen and oxygen atoms in total. The number of benzene rings is 3. The highest BCUT2D eigenvalue weighted by atomic mass is 35.5. The molecule has 1 aromatic heterocycles. The van der Waals surface area contributed by atoms with E-state index in [4.69, 9.17) is 11.6 Å². The van der Waals surface area contributed by atoms with E-state index in [-0.39, 0.29) is 0 Å². The first-order valence-corrected chi connectivity index (χ1v) is 10.1. The first kappa shape index (κ1) is 17.3. The summed E-state index contributed by atoms with van der Waals surface area (Å²) in [6, 6.07) is 27.7. The highest BCUT2D eigenvalue weighted by molar-refractivity contribution is 7.17. The SMILES string of the molecule is Clc1ccc2scc(C[NH+](Cc3ccccc3)Cc3ccccc3)c2c1. The van der Waals surface area contributed by atoms with Gasteiger partial charge in [0.1, 0.15) is 19.6 Å². The quantitative estimate of drug-likeness (QED) is 0.462. The van der Waals surface area contributed by atoms with Crippen LogP contribution in [0.2, 0.25) is 5.02 Å². The molecule has 26 heavy (non-hydrogen) atoms. The average molecular weight is 379 g/mol. The summed E-state index contributed by atoms with van der Waals surface area (Å²) in [6.45, 7) is 3.01. The lowest BCUT2D eigenvalue weighted by Gasteiger charge is -2.20. The van der Waals surface area contributed by atoms with Gasteiger partial charge in [0, 0.05) is 37.2 Å². The molecule has 3 heteroatoms. The van der Waals surface area contributed by atoms with Crippen molar-refractivity contribution in [1.82, 2.24) is 0 Å². The van der Waals surface area contributed by atoms with Gasteiger partial charge in [-0.05, 0) is 18.2 Å². The van der Waals surface area contributed by atoms with E-state index >= 15 is 0 Å². The first-order valence-electron chi connectivity index (χ1n) is 8.85. The maximum absolute atomic E-state index is 6.24. The molecule has 3 aromatic carbocycles. The highest BCUT2D eigenvalue weighted by Crippen LogP contribution is 2.28. The van der Waals surface area contributed by atoms with Crippen molar-refractivity contribution >= 4 is 33.0 Å². The van der Waals surface area contributed by atoms with Crippen LogP contribution < -0.4 is 4.90 Å². The summed E-state index contributed by atoms with van der Waals surface area (Å²) in [5.74, 6) is 0. The van der Waals surface area contributed by atoms with E-state index in [0.717, 1.165) is 24.7 Å². The fraction of sp³-hybridized carbons (Fsp3) is 0.130. The van der Waals surface area contributed by atoms with Gasteiger partial charge in [-0.15, -0.1) is 11.3 Å². The molecule has 1 heterocycles. The molecule has 0 amide bonds. The number of thiophene rings is 1. The van der Waals surface area contributed by atoms with E-state index in [1.807, 2.05) is 6.07 Å². The van der Waals surface area contributed by atoms with Crippen molar-refractivity contribution < 1.29 is 4.90 Å². The molecule has 0 fully saturated rings. The lowest BCUT2D eigenvalue weighted by atomic mass is 10.1. The molecule has 0 saturated carbocycles. The Morgan fingerprint density at radius 2 is 1.35 bits per heavy atom. The molecular formula is C23H21ClNS+. The predicted octanol–water partition coefficient (Wildman–Crippen LogP) is 5.34. The maximum Gasteiger partial charge on any atom is 0.105 e. The number of rotatable bonds is 6. The summed E-state index contributed by atoms with van der Waals surface area (Å²) in [5.41, 5.74) is 4.13. The third-order valence-electron chi connectivity index (χ3n) is 4.65. The van der Waals surface area contributed by atoms with Crippen LogP contribution in [0.25, 0.3) is 10.1 Å². The van der Waals surface area contributed by atoms with E-state index in [1.54, 1.807) is 11.3 Å². The van der Waals surface area contributed by atoms with Crippen LogP contribution in [0.4, 0.5) is 0 Å². The Kier molecular flexibility index (Phi) is 5.35. The van der Waals surface area contributed by atoms with Crippen LogP contribution in [0.1, 0.15) is 16.7 Å². The largest absolute Gasteiger partial charge is 0.324 e. The van der Waals surface area contributed by atoms with Crippen molar-refractivity contribution in [2.45, 2.75) is 19.6 Å². The summed E-state index contributed by atoms with van der Waals surface area (Å²) >= 11 is 8.05. The van der Waals surface area contributed by atoms with Gasteiger partial charge in [0.2, 0.25) is 0 Å². The van der Waals surface area contributed by atoms with Gasteiger partial charge >= 0.3 is 0 Å². The second-order valence-electron chi connectivity index (χ2n) is 6.65. The van der Waals surface area contributed by atoms with E-state index in [9.17, 15) is 0 Å². The van der Waals surface area contributed by atoms with E-state index in [1.165, 1.54) is 31.7 Å². The number of halogens is 1. The summed E-state index contributed by atoms with van der Waals surface area (Å²) in [4.78, 5) is 1.53. The number of hydrogen-bond donors (Lipinski definition) is 1. The Hall–Kier alpha value is -2.13. The molecule has 0 spiro atoms. The molecule has 0 bridgehead atoms. The second-order valence-corrected chi connectivity index (χ2v) is 8.00. The standard InChI is InChI=1S/C23H20ClNS/c24-21-11-12-23-22(13-21)20(17-26-23)16-25(14-18-7-3-1-4-8-18)15-19-9-5-2-6-10-19/h1-13,17H,14-16H2/p+1. The lowest BCUT2D eigenvalue weighted by molar-refractivity contribution is -0.941. The summed E-state index contributed by atoms with van der Waals surface area (Å²) in [6.07, 6.45) is 0. The molecule has 4 aromatic rings. The fourth-order valence-corrected chi connectivity index (χ4v) is 4.53. The van der Waals surface area contributed by atoms with Gasteiger partial charge < -0.3 is 4.90 Å². The van der Waals surface area contributed by atoms with Crippen molar-refractivity contribution in [2.75, 3.05) is 0 Å². The summed E-state index contributed by atoms with van der Waals surface area (Å²) in [5, 5.41) is 4.39. The van der Waals surface area contributed by atoms with Crippen molar-refractivity contribution in [3.63, 3.8) is 0 Å². The van der Waals surface area contributed by atoms with Crippen molar-refractivity contribution in [3.8, 4) is 0 Å². The Bertz CT molecular complexity index is 937. The Labute approximate surface area is 163 Å². The van der Waals surface area contributed by atoms with Crippen molar-refractivity contribution in [1.29, 1.82) is 0 Å². The Morgan fingerprint density at radius 3 is 1.96 bits per heavy atom. The fourth-order valence-electron chi connectivity index (χ4n) is 3.42. The maximum atomic E-state index is 6.24. The minimum absolute atomic E-state index is 0.810. The van der Waals surface area contributed by atoms with E-state index in [0.29, 0.717) is 0 Å². The molecule has 4 rings (SSSR count). The lowest BCUT2D eigenvalue weighted by Crippen LogP contribution is -3.08. The molecule has 0 saturated heterocycles. The van der Waals surface area contributed by atoms with Crippen LogP contribution in [0.5, 0.6) is 0 Å². The Morgan fingerprint density at radius 1 is 0.731 bits per heavy atom. The third kappa shape index (κ3) is 4.16. The molecule has 0 aliphatic carbocycles. The average Bonchev–Trinajstić information content (AvgIpc) is 3.05. The molecule has 130 valence electrons.